The summed E-state index contributed by atoms with van der Waals surface area (Å²) in [5, 5.41) is 9.03. The first kappa shape index (κ1) is 16.6. The third-order valence-corrected chi connectivity index (χ3v) is 3.95. The average molecular weight is 241 g/mol. The largest absolute Gasteiger partial charge is 0.479 e. The SMILES string of the molecule is CC1(C(=O)O)CSC2CC(=O)N21.O.O.O. The van der Waals surface area contributed by atoms with E-state index in [-0.39, 0.29) is 27.7 Å². The number of carbonyl (C=O) groups is 2. The number of thioether (sulfide) groups is 1. The monoisotopic (exact) mass is 241 g/mol. The van der Waals surface area contributed by atoms with Crippen molar-refractivity contribution in [1.29, 1.82) is 0 Å². The minimum absolute atomic E-state index is 0. The van der Waals surface area contributed by atoms with Crippen LogP contribution in [-0.4, -0.2) is 55.0 Å². The van der Waals surface area contributed by atoms with Gasteiger partial charge in [0.2, 0.25) is 5.91 Å². The van der Waals surface area contributed by atoms with Gasteiger partial charge in [0, 0.05) is 5.75 Å². The summed E-state index contributed by atoms with van der Waals surface area (Å²) in [7, 11) is 0. The lowest BCUT2D eigenvalue weighted by Crippen LogP contribution is -2.61. The number of hydrogen-bond acceptors (Lipinski definition) is 3. The minimum Gasteiger partial charge on any atom is -0.479 e. The van der Waals surface area contributed by atoms with E-state index in [0.29, 0.717) is 12.2 Å². The molecule has 2 saturated heterocycles. The van der Waals surface area contributed by atoms with Crippen LogP contribution in [0.4, 0.5) is 0 Å². The van der Waals surface area contributed by atoms with Gasteiger partial charge in [0.1, 0.15) is 5.54 Å². The summed E-state index contributed by atoms with van der Waals surface area (Å²) < 4.78 is 0. The summed E-state index contributed by atoms with van der Waals surface area (Å²) in [6.45, 7) is 1.61. The third-order valence-electron chi connectivity index (χ3n) is 2.46. The number of amides is 1. The quantitative estimate of drug-likeness (QED) is 0.511. The lowest BCUT2D eigenvalue weighted by molar-refractivity contribution is -0.163. The van der Waals surface area contributed by atoms with Gasteiger partial charge in [-0.1, -0.05) is 0 Å². The van der Waals surface area contributed by atoms with E-state index in [9.17, 15) is 9.59 Å². The van der Waals surface area contributed by atoms with Gasteiger partial charge in [0.25, 0.3) is 0 Å². The summed E-state index contributed by atoms with van der Waals surface area (Å²) in [6.07, 6.45) is 0.507. The molecule has 0 aromatic rings. The molecule has 7 N–H and O–H groups in total. The van der Waals surface area contributed by atoms with Crippen molar-refractivity contribution >= 4 is 23.6 Å². The predicted octanol–water partition coefficient (Wildman–Crippen LogP) is -2.34. The number of fused-ring (bicyclic) bond motifs is 1. The Kier molecular flexibility index (Phi) is 5.30. The normalized spacial score (nSPS) is 31.4. The molecule has 0 saturated carbocycles. The molecule has 0 aromatic carbocycles. The van der Waals surface area contributed by atoms with E-state index in [1.54, 1.807) is 18.7 Å². The second-order valence-corrected chi connectivity index (χ2v) is 4.48. The van der Waals surface area contributed by atoms with E-state index in [2.05, 4.69) is 0 Å². The molecule has 0 radical (unpaired) electrons. The second kappa shape index (κ2) is 4.79. The molecule has 2 heterocycles. The lowest BCUT2D eigenvalue weighted by atomic mass is 9.98. The van der Waals surface area contributed by atoms with Crippen LogP contribution in [-0.2, 0) is 9.59 Å². The van der Waals surface area contributed by atoms with Crippen LogP contribution in [0.2, 0.25) is 0 Å². The minimum atomic E-state index is -0.954. The Balaban J connectivity index is 0. The van der Waals surface area contributed by atoms with Gasteiger partial charge in [0.15, 0.2) is 0 Å². The fraction of sp³-hybridized carbons (Fsp3) is 0.714. The molecule has 0 aliphatic carbocycles. The van der Waals surface area contributed by atoms with Crippen molar-refractivity contribution < 1.29 is 31.1 Å². The third kappa shape index (κ3) is 1.93. The molecule has 7 nitrogen and oxygen atoms in total. The van der Waals surface area contributed by atoms with Gasteiger partial charge in [-0.25, -0.2) is 4.79 Å². The van der Waals surface area contributed by atoms with E-state index in [1.807, 2.05) is 0 Å². The molecule has 2 rings (SSSR count). The number of hydrogen-bond donors (Lipinski definition) is 1. The highest BCUT2D eigenvalue weighted by molar-refractivity contribution is 8.00. The van der Waals surface area contributed by atoms with Crippen LogP contribution in [0, 0.1) is 0 Å². The molecule has 2 unspecified atom stereocenters. The van der Waals surface area contributed by atoms with E-state index >= 15 is 0 Å². The number of carboxylic acid groups (broad SMARTS) is 1. The highest BCUT2D eigenvalue weighted by Crippen LogP contribution is 2.45. The Morgan fingerprint density at radius 3 is 2.40 bits per heavy atom. The van der Waals surface area contributed by atoms with Crippen molar-refractivity contribution in [1.82, 2.24) is 4.90 Å². The van der Waals surface area contributed by atoms with Crippen LogP contribution in [0.5, 0.6) is 0 Å². The summed E-state index contributed by atoms with van der Waals surface area (Å²) >= 11 is 1.56. The molecule has 2 atom stereocenters. The second-order valence-electron chi connectivity index (χ2n) is 3.31. The van der Waals surface area contributed by atoms with E-state index < -0.39 is 11.5 Å². The Hall–Kier alpha value is -0.830. The first-order chi connectivity index (χ1) is 5.55. The Bertz CT molecular complexity index is 272. The van der Waals surface area contributed by atoms with Crippen molar-refractivity contribution in [3.05, 3.63) is 0 Å². The van der Waals surface area contributed by atoms with Crippen LogP contribution in [0.15, 0.2) is 0 Å². The summed E-state index contributed by atoms with van der Waals surface area (Å²) in [4.78, 5) is 23.4. The Morgan fingerprint density at radius 2 is 2.07 bits per heavy atom. The van der Waals surface area contributed by atoms with Crippen LogP contribution >= 0.6 is 11.8 Å². The van der Waals surface area contributed by atoms with Crippen molar-refractivity contribution in [2.24, 2.45) is 0 Å². The number of β-lactam (4-membered cyclic amide) rings is 1. The van der Waals surface area contributed by atoms with E-state index in [4.69, 9.17) is 5.11 Å². The number of carboxylic acids is 1. The molecule has 90 valence electrons. The van der Waals surface area contributed by atoms with Gasteiger partial charge < -0.3 is 26.4 Å². The molecule has 15 heavy (non-hydrogen) atoms. The highest BCUT2D eigenvalue weighted by Gasteiger charge is 2.57. The smallest absolute Gasteiger partial charge is 0.330 e. The lowest BCUT2D eigenvalue weighted by Gasteiger charge is -2.41. The number of aliphatic carboxylic acids is 1. The van der Waals surface area contributed by atoms with Crippen molar-refractivity contribution in [2.45, 2.75) is 24.3 Å². The fourth-order valence-corrected chi connectivity index (χ4v) is 3.15. The van der Waals surface area contributed by atoms with Gasteiger partial charge in [-0.2, -0.15) is 0 Å². The summed E-state index contributed by atoms with van der Waals surface area (Å²) in [5.74, 6) is -0.417. The predicted molar refractivity (Wildman–Crippen MR) is 54.6 cm³/mol. The van der Waals surface area contributed by atoms with Gasteiger partial charge >= 0.3 is 5.97 Å². The van der Waals surface area contributed by atoms with Crippen molar-refractivity contribution in [3.63, 3.8) is 0 Å². The molecule has 0 spiro atoms. The van der Waals surface area contributed by atoms with Crippen molar-refractivity contribution in [3.8, 4) is 0 Å². The van der Waals surface area contributed by atoms with Crippen LogP contribution < -0.4 is 0 Å². The van der Waals surface area contributed by atoms with Gasteiger partial charge in [-0.05, 0) is 6.92 Å². The first-order valence-corrected chi connectivity index (χ1v) is 4.78. The molecule has 2 aliphatic rings. The molecule has 8 heteroatoms. The molecule has 2 aliphatic heterocycles. The number of rotatable bonds is 1. The Morgan fingerprint density at radius 1 is 1.53 bits per heavy atom. The van der Waals surface area contributed by atoms with Gasteiger partial charge in [0.05, 0.1) is 11.8 Å². The zero-order chi connectivity index (χ0) is 8.93. The molecular formula is C7H15NO6S. The molecular weight excluding hydrogens is 226 g/mol. The van der Waals surface area contributed by atoms with E-state index in [1.165, 1.54) is 4.90 Å². The standard InChI is InChI=1S/C7H9NO3S.3H2O/c1-7(6(10)11)3-12-5-2-4(9)8(5)7;;;/h5H,2-3H2,1H3,(H,10,11);3*1H2. The van der Waals surface area contributed by atoms with Gasteiger partial charge in [-0.15, -0.1) is 11.8 Å². The van der Waals surface area contributed by atoms with Crippen LogP contribution in [0.1, 0.15) is 13.3 Å². The van der Waals surface area contributed by atoms with Crippen molar-refractivity contribution in [2.75, 3.05) is 5.75 Å². The molecule has 0 aromatic heterocycles. The molecule has 1 amide bonds. The Labute approximate surface area is 90.4 Å². The highest BCUT2D eigenvalue weighted by atomic mass is 32.2. The molecule has 0 bridgehead atoms. The average Bonchev–Trinajstić information content (AvgIpc) is 2.22. The maximum absolute atomic E-state index is 11.1. The zero-order valence-electron chi connectivity index (χ0n) is 8.11. The fourth-order valence-electron chi connectivity index (χ4n) is 1.61. The number of nitrogens with zero attached hydrogens (tertiary/aromatic N) is 1. The number of carbonyl (C=O) groups excluding carboxylic acids is 1. The van der Waals surface area contributed by atoms with Crippen LogP contribution in [0.3, 0.4) is 0 Å². The first-order valence-electron chi connectivity index (χ1n) is 3.73. The maximum Gasteiger partial charge on any atom is 0.330 e. The van der Waals surface area contributed by atoms with E-state index in [0.717, 1.165) is 0 Å². The molecule has 2 fully saturated rings. The maximum atomic E-state index is 11.1. The summed E-state index contributed by atoms with van der Waals surface area (Å²) in [5.41, 5.74) is -0.954. The zero-order valence-corrected chi connectivity index (χ0v) is 8.93. The topological polar surface area (TPSA) is 152 Å². The summed E-state index contributed by atoms with van der Waals surface area (Å²) in [6, 6.07) is 0. The van der Waals surface area contributed by atoms with Crippen LogP contribution in [0.25, 0.3) is 0 Å². The van der Waals surface area contributed by atoms with Gasteiger partial charge in [-0.3, -0.25) is 4.79 Å².